The number of nitrogens with two attached hydrogens (primary N) is 1. The summed E-state index contributed by atoms with van der Waals surface area (Å²) in [6.07, 6.45) is 6.15. The summed E-state index contributed by atoms with van der Waals surface area (Å²) >= 11 is 7.10. The Morgan fingerprint density at radius 3 is 2.95 bits per heavy atom. The van der Waals surface area contributed by atoms with Gasteiger partial charge < -0.3 is 4.74 Å². The van der Waals surface area contributed by atoms with Crippen molar-refractivity contribution in [3.8, 4) is 0 Å². The summed E-state index contributed by atoms with van der Waals surface area (Å²) in [5.74, 6) is 5.70. The fraction of sp³-hybridized carbons (Fsp3) is 0.571. The minimum absolute atomic E-state index is 0.174. The molecule has 106 valence electrons. The van der Waals surface area contributed by atoms with Crippen LogP contribution in [0.4, 0.5) is 0 Å². The van der Waals surface area contributed by atoms with Crippen LogP contribution in [0.15, 0.2) is 27.1 Å². The molecule has 19 heavy (non-hydrogen) atoms. The van der Waals surface area contributed by atoms with Crippen LogP contribution in [0, 0.1) is 0 Å². The Morgan fingerprint density at radius 2 is 2.26 bits per heavy atom. The lowest BCUT2D eigenvalue weighted by atomic mass is 10.00. The minimum atomic E-state index is 0.174. The summed E-state index contributed by atoms with van der Waals surface area (Å²) in [6, 6.07) is 6.35. The van der Waals surface area contributed by atoms with Crippen LogP contribution >= 0.6 is 31.9 Å². The number of hydrogen-bond donors (Lipinski definition) is 2. The molecule has 2 unspecified atom stereocenters. The van der Waals surface area contributed by atoms with Gasteiger partial charge in [0.25, 0.3) is 0 Å². The zero-order valence-electron chi connectivity index (χ0n) is 10.9. The molecule has 0 aliphatic carbocycles. The van der Waals surface area contributed by atoms with Crippen LogP contribution in [-0.2, 0) is 4.74 Å². The third-order valence-corrected chi connectivity index (χ3v) is 4.79. The van der Waals surface area contributed by atoms with Gasteiger partial charge in [0.05, 0.1) is 6.10 Å². The normalized spacial score (nSPS) is 20.7. The first-order valence-electron chi connectivity index (χ1n) is 6.73. The van der Waals surface area contributed by atoms with Gasteiger partial charge in [0, 0.05) is 21.6 Å². The number of halogens is 2. The van der Waals surface area contributed by atoms with E-state index >= 15 is 0 Å². The highest BCUT2D eigenvalue weighted by atomic mass is 79.9. The predicted octanol–water partition coefficient (Wildman–Crippen LogP) is 4.07. The summed E-state index contributed by atoms with van der Waals surface area (Å²) in [6.45, 7) is 0.931. The minimum Gasteiger partial charge on any atom is -0.378 e. The van der Waals surface area contributed by atoms with E-state index in [0.717, 1.165) is 34.8 Å². The van der Waals surface area contributed by atoms with Crippen molar-refractivity contribution < 1.29 is 4.74 Å². The van der Waals surface area contributed by atoms with Gasteiger partial charge in [-0.3, -0.25) is 11.3 Å². The SMILES string of the molecule is NNC(CCCC1CCCO1)c1cc(Br)ccc1Br. The van der Waals surface area contributed by atoms with E-state index in [1.165, 1.54) is 18.4 Å². The molecule has 1 saturated heterocycles. The molecule has 2 atom stereocenters. The molecule has 1 aromatic rings. The first-order valence-corrected chi connectivity index (χ1v) is 8.32. The van der Waals surface area contributed by atoms with Gasteiger partial charge in [-0.1, -0.05) is 31.9 Å². The maximum Gasteiger partial charge on any atom is 0.0576 e. The zero-order valence-corrected chi connectivity index (χ0v) is 14.0. The Morgan fingerprint density at radius 1 is 1.42 bits per heavy atom. The molecule has 3 nitrogen and oxygen atoms in total. The second kappa shape index (κ2) is 7.74. The van der Waals surface area contributed by atoms with Crippen LogP contribution < -0.4 is 11.3 Å². The van der Waals surface area contributed by atoms with Crippen molar-refractivity contribution in [2.75, 3.05) is 6.61 Å². The molecule has 0 radical (unpaired) electrons. The zero-order chi connectivity index (χ0) is 13.7. The van der Waals surface area contributed by atoms with Crippen LogP contribution in [0.1, 0.15) is 43.7 Å². The molecule has 3 N–H and O–H groups in total. The molecule has 0 amide bonds. The first-order chi connectivity index (χ1) is 9.20. The van der Waals surface area contributed by atoms with Crippen molar-refractivity contribution in [3.63, 3.8) is 0 Å². The quantitative estimate of drug-likeness (QED) is 0.567. The summed E-state index contributed by atoms with van der Waals surface area (Å²) in [7, 11) is 0. The first kappa shape index (κ1) is 15.4. The molecule has 1 fully saturated rings. The Balaban J connectivity index is 1.89. The highest BCUT2D eigenvalue weighted by Gasteiger charge is 2.17. The Hall–Kier alpha value is 0.0600. The van der Waals surface area contributed by atoms with Gasteiger partial charge in [-0.2, -0.15) is 0 Å². The lowest BCUT2D eigenvalue weighted by molar-refractivity contribution is 0.101. The van der Waals surface area contributed by atoms with Crippen LogP contribution in [0.25, 0.3) is 0 Å². The number of rotatable bonds is 6. The molecule has 5 heteroatoms. The van der Waals surface area contributed by atoms with Gasteiger partial charge in [-0.15, -0.1) is 0 Å². The third-order valence-electron chi connectivity index (χ3n) is 3.58. The third kappa shape index (κ3) is 4.53. The predicted molar refractivity (Wildman–Crippen MR) is 84.7 cm³/mol. The van der Waals surface area contributed by atoms with E-state index in [2.05, 4.69) is 43.4 Å². The van der Waals surface area contributed by atoms with Crippen LogP contribution in [0.5, 0.6) is 0 Å². The average molecular weight is 392 g/mol. The van der Waals surface area contributed by atoms with Crippen molar-refractivity contribution in [2.45, 2.75) is 44.2 Å². The number of ether oxygens (including phenoxy) is 1. The summed E-state index contributed by atoms with van der Waals surface area (Å²) < 4.78 is 7.82. The van der Waals surface area contributed by atoms with Gasteiger partial charge >= 0.3 is 0 Å². The maximum atomic E-state index is 5.70. The van der Waals surface area contributed by atoms with Crippen molar-refractivity contribution >= 4 is 31.9 Å². The molecular formula is C14H20Br2N2O. The smallest absolute Gasteiger partial charge is 0.0576 e. The summed E-state index contributed by atoms with van der Waals surface area (Å²) in [5, 5.41) is 0. The van der Waals surface area contributed by atoms with Crippen molar-refractivity contribution in [1.29, 1.82) is 0 Å². The molecule has 2 rings (SSSR count). The molecule has 0 saturated carbocycles. The number of hydrazine groups is 1. The van der Waals surface area contributed by atoms with Gasteiger partial charge in [-0.05, 0) is 55.9 Å². The lowest BCUT2D eigenvalue weighted by Crippen LogP contribution is -2.28. The lowest BCUT2D eigenvalue weighted by Gasteiger charge is -2.19. The average Bonchev–Trinajstić information content (AvgIpc) is 2.91. The fourth-order valence-electron chi connectivity index (χ4n) is 2.53. The Labute approximate surface area is 131 Å². The number of benzene rings is 1. The maximum absolute atomic E-state index is 5.70. The monoisotopic (exact) mass is 390 g/mol. The molecular weight excluding hydrogens is 372 g/mol. The van der Waals surface area contributed by atoms with Crippen molar-refractivity contribution in [1.82, 2.24) is 5.43 Å². The topological polar surface area (TPSA) is 47.3 Å². The van der Waals surface area contributed by atoms with E-state index in [-0.39, 0.29) is 6.04 Å². The van der Waals surface area contributed by atoms with Crippen LogP contribution in [0.3, 0.4) is 0 Å². The van der Waals surface area contributed by atoms with Crippen molar-refractivity contribution in [3.05, 3.63) is 32.7 Å². The molecule has 0 aromatic heterocycles. The van der Waals surface area contributed by atoms with E-state index in [9.17, 15) is 0 Å². The van der Waals surface area contributed by atoms with Crippen LogP contribution in [0.2, 0.25) is 0 Å². The van der Waals surface area contributed by atoms with Gasteiger partial charge in [0.15, 0.2) is 0 Å². The Bertz CT molecular complexity index is 408. The van der Waals surface area contributed by atoms with Gasteiger partial charge in [-0.25, -0.2) is 0 Å². The Kier molecular flexibility index (Phi) is 6.29. The van der Waals surface area contributed by atoms with E-state index in [4.69, 9.17) is 10.6 Å². The van der Waals surface area contributed by atoms with E-state index in [1.54, 1.807) is 0 Å². The van der Waals surface area contributed by atoms with E-state index in [0.29, 0.717) is 6.10 Å². The molecule has 1 aromatic carbocycles. The fourth-order valence-corrected chi connectivity index (χ4v) is 3.43. The molecule has 0 spiro atoms. The van der Waals surface area contributed by atoms with E-state index < -0.39 is 0 Å². The van der Waals surface area contributed by atoms with E-state index in [1.807, 2.05) is 12.1 Å². The molecule has 0 bridgehead atoms. The standard InChI is InChI=1S/C14H20Br2N2O/c15-10-6-7-13(16)12(9-10)14(18-17)5-1-3-11-4-2-8-19-11/h6-7,9,11,14,18H,1-5,8,17H2. The second-order valence-corrected chi connectivity index (χ2v) is 6.72. The second-order valence-electron chi connectivity index (χ2n) is 4.95. The summed E-state index contributed by atoms with van der Waals surface area (Å²) in [5.41, 5.74) is 4.12. The number of hydrogen-bond acceptors (Lipinski definition) is 3. The molecule has 1 aliphatic rings. The number of nitrogens with one attached hydrogen (secondary N) is 1. The van der Waals surface area contributed by atoms with Crippen LogP contribution in [-0.4, -0.2) is 12.7 Å². The molecule has 1 aliphatic heterocycles. The molecule has 1 heterocycles. The largest absolute Gasteiger partial charge is 0.378 e. The van der Waals surface area contributed by atoms with Gasteiger partial charge in [0.1, 0.15) is 0 Å². The van der Waals surface area contributed by atoms with Gasteiger partial charge in [0.2, 0.25) is 0 Å². The highest BCUT2D eigenvalue weighted by molar-refractivity contribution is 9.11. The van der Waals surface area contributed by atoms with Crippen molar-refractivity contribution in [2.24, 2.45) is 5.84 Å². The highest BCUT2D eigenvalue weighted by Crippen LogP contribution is 2.30. The summed E-state index contributed by atoms with van der Waals surface area (Å²) in [4.78, 5) is 0.